The lowest BCUT2D eigenvalue weighted by atomic mass is 9.85. The summed E-state index contributed by atoms with van der Waals surface area (Å²) >= 11 is 0. The number of nitrogens with zero attached hydrogens (tertiary/aromatic N) is 2. The van der Waals surface area contributed by atoms with Gasteiger partial charge in [-0.15, -0.1) is 0 Å². The van der Waals surface area contributed by atoms with Gasteiger partial charge in [0.25, 0.3) is 5.91 Å². The largest absolute Gasteiger partial charge is 0.489 e. The molecule has 11 nitrogen and oxygen atoms in total. The average molecular weight is 574 g/mol. The molecular weight excluding hydrogens is 538 g/mol. The molecular formula is C31H35N5O6. The highest BCUT2D eigenvalue weighted by Crippen LogP contribution is 2.37. The molecule has 0 saturated carbocycles. The Hall–Kier alpha value is -4.67. The number of amides is 4. The molecule has 5 rings (SSSR count). The van der Waals surface area contributed by atoms with Crippen LogP contribution in [0, 0.1) is 6.92 Å². The van der Waals surface area contributed by atoms with E-state index in [2.05, 4.69) is 26.1 Å². The Balaban J connectivity index is 1.33. The second kappa shape index (κ2) is 11.0. The minimum absolute atomic E-state index is 0.0622. The number of rotatable bonds is 8. The van der Waals surface area contributed by atoms with Crippen molar-refractivity contribution in [1.29, 1.82) is 0 Å². The first-order valence-electron chi connectivity index (χ1n) is 13.8. The van der Waals surface area contributed by atoms with Crippen molar-refractivity contribution in [1.82, 2.24) is 20.9 Å². The zero-order chi connectivity index (χ0) is 30.1. The molecule has 2 unspecified atom stereocenters. The molecule has 0 aliphatic carbocycles. The Kier molecular flexibility index (Phi) is 7.53. The molecule has 11 heteroatoms. The number of hydrogen-bond donors (Lipinski definition) is 3. The van der Waals surface area contributed by atoms with Gasteiger partial charge in [0.05, 0.1) is 17.8 Å². The van der Waals surface area contributed by atoms with E-state index in [-0.39, 0.29) is 19.4 Å². The Morgan fingerprint density at radius 1 is 1.12 bits per heavy atom. The van der Waals surface area contributed by atoms with Gasteiger partial charge in [0.1, 0.15) is 23.5 Å². The second-order valence-electron chi connectivity index (χ2n) is 11.9. The van der Waals surface area contributed by atoms with Crippen LogP contribution >= 0.6 is 0 Å². The van der Waals surface area contributed by atoms with E-state index in [9.17, 15) is 14.4 Å². The van der Waals surface area contributed by atoms with Crippen molar-refractivity contribution in [2.75, 3.05) is 6.54 Å². The number of para-hydroxylation sites is 1. The lowest BCUT2D eigenvalue weighted by Crippen LogP contribution is -2.46. The molecule has 1 aromatic heterocycles. The Labute approximate surface area is 244 Å². The van der Waals surface area contributed by atoms with E-state index in [1.165, 1.54) is 0 Å². The Morgan fingerprint density at radius 2 is 1.86 bits per heavy atom. The van der Waals surface area contributed by atoms with Crippen molar-refractivity contribution in [3.05, 3.63) is 71.4 Å². The van der Waals surface area contributed by atoms with Gasteiger partial charge in [-0.3, -0.25) is 15.1 Å². The van der Waals surface area contributed by atoms with Crippen molar-refractivity contribution in [3.8, 4) is 5.75 Å². The van der Waals surface area contributed by atoms with Crippen LogP contribution in [-0.4, -0.2) is 46.4 Å². The molecule has 0 bridgehead atoms. The first kappa shape index (κ1) is 28.8. The number of alkyl carbamates (subject to hydrolysis) is 1. The second-order valence-corrected chi connectivity index (χ2v) is 11.9. The van der Waals surface area contributed by atoms with Crippen molar-refractivity contribution in [2.45, 2.75) is 70.8 Å². The molecule has 3 heterocycles. The minimum atomic E-state index is -1.15. The Morgan fingerprint density at radius 3 is 2.55 bits per heavy atom. The SMILES string of the molecule is Cc1cc(COc2ccc(C3(CNC(=O)OC(C)(C)C)CC(CC4(C)NC(=O)NC4=O)=NO3)cc2)c2ccccc2n1. The zero-order valence-electron chi connectivity index (χ0n) is 24.4. The first-order chi connectivity index (χ1) is 19.8. The number of aromatic nitrogens is 1. The lowest BCUT2D eigenvalue weighted by molar-refractivity contribution is -0.123. The molecule has 2 aromatic carbocycles. The number of aryl methyl sites for hydroxylation is 1. The number of imide groups is 1. The van der Waals surface area contributed by atoms with Gasteiger partial charge in [-0.05, 0) is 58.9 Å². The number of urea groups is 1. The number of nitrogens with one attached hydrogen (secondary N) is 3. The summed E-state index contributed by atoms with van der Waals surface area (Å²) < 4.78 is 11.6. The molecule has 2 aliphatic heterocycles. The predicted octanol–water partition coefficient (Wildman–Crippen LogP) is 4.61. The third kappa shape index (κ3) is 6.29. The van der Waals surface area contributed by atoms with Crippen LogP contribution in [0.25, 0.3) is 10.9 Å². The average Bonchev–Trinajstić information content (AvgIpc) is 3.44. The van der Waals surface area contributed by atoms with E-state index in [4.69, 9.17) is 14.3 Å². The molecule has 2 atom stereocenters. The zero-order valence-corrected chi connectivity index (χ0v) is 24.4. The molecule has 0 radical (unpaired) electrons. The number of carbonyl (C=O) groups excluding carboxylic acids is 3. The molecule has 3 N–H and O–H groups in total. The molecule has 3 aromatic rings. The van der Waals surface area contributed by atoms with E-state index < -0.39 is 34.8 Å². The molecule has 1 saturated heterocycles. The van der Waals surface area contributed by atoms with Gasteiger partial charge in [-0.25, -0.2) is 9.59 Å². The summed E-state index contributed by atoms with van der Waals surface area (Å²) in [7, 11) is 0. The highest BCUT2D eigenvalue weighted by molar-refractivity contribution is 6.09. The maximum Gasteiger partial charge on any atom is 0.407 e. The van der Waals surface area contributed by atoms with Crippen LogP contribution in [0.3, 0.4) is 0 Å². The van der Waals surface area contributed by atoms with E-state index in [0.29, 0.717) is 18.1 Å². The van der Waals surface area contributed by atoms with Crippen molar-refractivity contribution in [3.63, 3.8) is 0 Å². The summed E-state index contributed by atoms with van der Waals surface area (Å²) in [5, 5.41) is 13.0. The van der Waals surface area contributed by atoms with Gasteiger partial charge in [0.15, 0.2) is 5.60 Å². The van der Waals surface area contributed by atoms with Gasteiger partial charge in [0, 0.05) is 35.0 Å². The summed E-state index contributed by atoms with van der Waals surface area (Å²) in [4.78, 5) is 47.2. The minimum Gasteiger partial charge on any atom is -0.489 e. The smallest absolute Gasteiger partial charge is 0.407 e. The third-order valence-corrected chi connectivity index (χ3v) is 7.14. The van der Waals surface area contributed by atoms with E-state index in [1.807, 2.05) is 61.5 Å². The third-order valence-electron chi connectivity index (χ3n) is 7.14. The Bertz CT molecular complexity index is 1560. The fourth-order valence-electron chi connectivity index (χ4n) is 5.16. The maximum absolute atomic E-state index is 12.5. The van der Waals surface area contributed by atoms with Crippen LogP contribution in [0.4, 0.5) is 9.59 Å². The van der Waals surface area contributed by atoms with Gasteiger partial charge in [0.2, 0.25) is 0 Å². The molecule has 2 aliphatic rings. The maximum atomic E-state index is 12.5. The van der Waals surface area contributed by atoms with Gasteiger partial charge >= 0.3 is 12.1 Å². The number of fused-ring (bicyclic) bond motifs is 1. The van der Waals surface area contributed by atoms with Crippen LogP contribution in [0.1, 0.15) is 57.4 Å². The van der Waals surface area contributed by atoms with E-state index in [1.54, 1.807) is 27.7 Å². The van der Waals surface area contributed by atoms with Crippen LogP contribution < -0.4 is 20.7 Å². The van der Waals surface area contributed by atoms with Crippen LogP contribution in [0.5, 0.6) is 5.75 Å². The van der Waals surface area contributed by atoms with Crippen molar-refractivity contribution >= 4 is 34.6 Å². The quantitative estimate of drug-likeness (QED) is 0.335. The summed E-state index contributed by atoms with van der Waals surface area (Å²) in [6, 6.07) is 16.8. The van der Waals surface area contributed by atoms with Crippen LogP contribution in [-0.2, 0) is 26.6 Å². The van der Waals surface area contributed by atoms with Gasteiger partial charge in [-0.1, -0.05) is 35.5 Å². The van der Waals surface area contributed by atoms with Crippen LogP contribution in [0.15, 0.2) is 59.8 Å². The topological polar surface area (TPSA) is 140 Å². The van der Waals surface area contributed by atoms with E-state index in [0.717, 1.165) is 27.7 Å². The monoisotopic (exact) mass is 573 g/mol. The summed E-state index contributed by atoms with van der Waals surface area (Å²) in [5.41, 5.74) is 1.31. The van der Waals surface area contributed by atoms with Crippen molar-refractivity contribution in [2.24, 2.45) is 5.16 Å². The number of benzene rings is 2. The molecule has 220 valence electrons. The highest BCUT2D eigenvalue weighted by atomic mass is 16.7. The number of ether oxygens (including phenoxy) is 2. The van der Waals surface area contributed by atoms with Gasteiger partial charge in [-0.2, -0.15) is 0 Å². The molecule has 42 heavy (non-hydrogen) atoms. The van der Waals surface area contributed by atoms with Crippen LogP contribution in [0.2, 0.25) is 0 Å². The lowest BCUT2D eigenvalue weighted by Gasteiger charge is -2.29. The fourth-order valence-corrected chi connectivity index (χ4v) is 5.16. The standard InChI is InChI=1S/C31H35N5O6/c1-19-14-20(24-8-6-7-9-25(24)33-19)17-40-23-12-10-21(11-13-23)31(18-32-28(39)41-29(2,3)4)16-22(36-42-31)15-30(5)26(37)34-27(38)35-30/h6-14H,15-18H2,1-5H3,(H,32,39)(H2,34,35,37,38). The fraction of sp³-hybridized carbons (Fsp3) is 0.387. The number of hydrogen-bond acceptors (Lipinski definition) is 8. The summed E-state index contributed by atoms with van der Waals surface area (Å²) in [6.45, 7) is 9.37. The summed E-state index contributed by atoms with van der Waals surface area (Å²) in [5.74, 6) is 0.225. The van der Waals surface area contributed by atoms with Gasteiger partial charge < -0.3 is 24.9 Å². The molecule has 0 spiro atoms. The van der Waals surface area contributed by atoms with E-state index >= 15 is 0 Å². The number of carbonyl (C=O) groups is 3. The highest BCUT2D eigenvalue weighted by Gasteiger charge is 2.47. The predicted molar refractivity (Wildman–Crippen MR) is 156 cm³/mol. The molecule has 1 fully saturated rings. The summed E-state index contributed by atoms with van der Waals surface area (Å²) in [6.07, 6.45) is -0.156. The normalized spacial score (nSPS) is 21.8. The number of pyridine rings is 1. The van der Waals surface area contributed by atoms with Crippen molar-refractivity contribution < 1.29 is 28.7 Å². The molecule has 4 amide bonds. The number of oxime groups is 1. The first-order valence-corrected chi connectivity index (χ1v) is 13.8.